The van der Waals surface area contributed by atoms with E-state index in [-0.39, 0.29) is 0 Å². The maximum absolute atomic E-state index is 5.62. The van der Waals surface area contributed by atoms with Crippen LogP contribution in [0.5, 0.6) is 5.75 Å². The fourth-order valence-corrected chi connectivity index (χ4v) is 2.67. The molecule has 4 nitrogen and oxygen atoms in total. The molecule has 0 saturated heterocycles. The maximum atomic E-state index is 5.62. The van der Waals surface area contributed by atoms with E-state index in [1.54, 1.807) is 7.11 Å². The third-order valence-electron chi connectivity index (χ3n) is 3.72. The minimum absolute atomic E-state index is 0.392. The lowest BCUT2D eigenvalue weighted by molar-refractivity contribution is 0.415. The first kappa shape index (κ1) is 14.9. The van der Waals surface area contributed by atoms with Crippen LogP contribution in [-0.2, 0) is 0 Å². The van der Waals surface area contributed by atoms with Crippen LogP contribution in [0.1, 0.15) is 51.4 Å². The number of hydrogen-bond acceptors (Lipinski definition) is 3. The van der Waals surface area contributed by atoms with Crippen molar-refractivity contribution in [1.82, 2.24) is 9.55 Å². The summed E-state index contributed by atoms with van der Waals surface area (Å²) in [7, 11) is 1.69. The number of ether oxygens (including phenoxy) is 1. The van der Waals surface area contributed by atoms with E-state index >= 15 is 0 Å². The van der Waals surface area contributed by atoms with Gasteiger partial charge in [0.1, 0.15) is 11.6 Å². The Balaban J connectivity index is 2.49. The van der Waals surface area contributed by atoms with Gasteiger partial charge in [-0.05, 0) is 45.4 Å². The quantitative estimate of drug-likeness (QED) is 0.878. The van der Waals surface area contributed by atoms with Gasteiger partial charge in [0.25, 0.3) is 0 Å². The van der Waals surface area contributed by atoms with Gasteiger partial charge >= 0.3 is 0 Å². The fraction of sp³-hybridized carbons (Fsp3) is 0.562. The summed E-state index contributed by atoms with van der Waals surface area (Å²) in [6, 6.07) is 6.49. The molecule has 0 spiro atoms. The molecule has 0 saturated carbocycles. The van der Waals surface area contributed by atoms with Gasteiger partial charge in [0.05, 0.1) is 18.1 Å². The molecule has 20 heavy (non-hydrogen) atoms. The second-order valence-electron chi connectivity index (χ2n) is 5.62. The monoisotopic (exact) mass is 275 g/mol. The summed E-state index contributed by atoms with van der Waals surface area (Å²) < 4.78 is 7.62. The summed E-state index contributed by atoms with van der Waals surface area (Å²) in [6.45, 7) is 7.36. The zero-order chi connectivity index (χ0) is 14.7. The molecule has 0 radical (unpaired) electrons. The van der Waals surface area contributed by atoms with Crippen molar-refractivity contribution in [3.05, 3.63) is 24.0 Å². The van der Waals surface area contributed by atoms with Crippen LogP contribution in [0.4, 0.5) is 0 Å². The van der Waals surface area contributed by atoms with Crippen molar-refractivity contribution in [2.45, 2.75) is 45.6 Å². The molecular formula is C16H25N3O. The van der Waals surface area contributed by atoms with Crippen LogP contribution >= 0.6 is 0 Å². The molecule has 2 N–H and O–H groups in total. The van der Waals surface area contributed by atoms with Gasteiger partial charge in [-0.2, -0.15) is 0 Å². The molecule has 2 rings (SSSR count). The number of hydrogen-bond donors (Lipinski definition) is 1. The van der Waals surface area contributed by atoms with E-state index < -0.39 is 0 Å². The number of nitrogens with two attached hydrogens (primary N) is 1. The smallest absolute Gasteiger partial charge is 0.121 e. The van der Waals surface area contributed by atoms with Crippen molar-refractivity contribution in [1.29, 1.82) is 0 Å². The molecule has 110 valence electrons. The Hall–Kier alpha value is -1.55. The van der Waals surface area contributed by atoms with Crippen LogP contribution in [0.2, 0.25) is 0 Å². The first-order chi connectivity index (χ1) is 9.58. The van der Waals surface area contributed by atoms with E-state index in [1.165, 1.54) is 5.52 Å². The molecule has 1 unspecified atom stereocenters. The van der Waals surface area contributed by atoms with Gasteiger partial charge in [-0.15, -0.1) is 0 Å². The number of imidazole rings is 1. The summed E-state index contributed by atoms with van der Waals surface area (Å²) in [5, 5.41) is 0. The standard InChI is InChI=1S/C16H25N3O/c1-11(2)19-15-8-7-13(20-4)10-14(15)18-16(19)12(3)6-5-9-17/h7-8,10-12H,5-6,9,17H2,1-4H3. The number of methoxy groups -OCH3 is 1. The van der Waals surface area contributed by atoms with Crippen molar-refractivity contribution in [2.75, 3.05) is 13.7 Å². The van der Waals surface area contributed by atoms with Crippen molar-refractivity contribution < 1.29 is 4.74 Å². The van der Waals surface area contributed by atoms with E-state index in [9.17, 15) is 0 Å². The van der Waals surface area contributed by atoms with Crippen LogP contribution in [0.15, 0.2) is 18.2 Å². The SMILES string of the molecule is COc1ccc2c(c1)nc(C(C)CCCN)n2C(C)C. The highest BCUT2D eigenvalue weighted by Gasteiger charge is 2.18. The second kappa shape index (κ2) is 6.27. The van der Waals surface area contributed by atoms with Gasteiger partial charge in [-0.25, -0.2) is 4.98 Å². The van der Waals surface area contributed by atoms with Crippen LogP contribution in [0, 0.1) is 0 Å². The number of fused-ring (bicyclic) bond motifs is 1. The van der Waals surface area contributed by atoms with Gasteiger partial charge in [-0.3, -0.25) is 0 Å². The molecule has 0 amide bonds. The molecule has 0 aliphatic heterocycles. The van der Waals surface area contributed by atoms with E-state index in [0.717, 1.165) is 36.5 Å². The van der Waals surface area contributed by atoms with Gasteiger partial charge in [-0.1, -0.05) is 6.92 Å². The minimum Gasteiger partial charge on any atom is -0.497 e. The molecule has 2 aromatic rings. The highest BCUT2D eigenvalue weighted by molar-refractivity contribution is 5.78. The van der Waals surface area contributed by atoms with Crippen LogP contribution in [-0.4, -0.2) is 23.2 Å². The van der Waals surface area contributed by atoms with Crippen molar-refractivity contribution >= 4 is 11.0 Å². The predicted molar refractivity (Wildman–Crippen MR) is 83.4 cm³/mol. The van der Waals surface area contributed by atoms with Gasteiger partial charge in [0.2, 0.25) is 0 Å². The summed E-state index contributed by atoms with van der Waals surface area (Å²) in [5.74, 6) is 2.42. The third-order valence-corrected chi connectivity index (χ3v) is 3.72. The van der Waals surface area contributed by atoms with E-state index in [0.29, 0.717) is 12.0 Å². The van der Waals surface area contributed by atoms with E-state index in [4.69, 9.17) is 15.5 Å². The van der Waals surface area contributed by atoms with Gasteiger partial charge in [0.15, 0.2) is 0 Å². The molecule has 1 aromatic heterocycles. The Labute approximate surface area is 120 Å². The molecule has 1 atom stereocenters. The average Bonchev–Trinajstić information content (AvgIpc) is 2.82. The van der Waals surface area contributed by atoms with Crippen LogP contribution in [0.3, 0.4) is 0 Å². The second-order valence-corrected chi connectivity index (χ2v) is 5.62. The van der Waals surface area contributed by atoms with Crippen molar-refractivity contribution in [3.63, 3.8) is 0 Å². The largest absolute Gasteiger partial charge is 0.497 e. The van der Waals surface area contributed by atoms with Crippen LogP contribution in [0.25, 0.3) is 11.0 Å². The number of nitrogens with zero attached hydrogens (tertiary/aromatic N) is 2. The molecule has 1 aromatic carbocycles. The highest BCUT2D eigenvalue weighted by Crippen LogP contribution is 2.30. The Morgan fingerprint density at radius 3 is 2.65 bits per heavy atom. The number of benzene rings is 1. The topological polar surface area (TPSA) is 53.1 Å². The normalized spacial score (nSPS) is 13.1. The summed E-state index contributed by atoms with van der Waals surface area (Å²) in [6.07, 6.45) is 2.11. The Kier molecular flexibility index (Phi) is 4.65. The molecular weight excluding hydrogens is 250 g/mol. The highest BCUT2D eigenvalue weighted by atomic mass is 16.5. The third kappa shape index (κ3) is 2.80. The predicted octanol–water partition coefficient (Wildman–Crippen LogP) is 3.47. The van der Waals surface area contributed by atoms with Crippen molar-refractivity contribution in [2.24, 2.45) is 5.73 Å². The number of aromatic nitrogens is 2. The minimum atomic E-state index is 0.392. The molecule has 1 heterocycles. The Morgan fingerprint density at radius 1 is 1.30 bits per heavy atom. The molecule has 0 aliphatic carbocycles. The summed E-state index contributed by atoms with van der Waals surface area (Å²) in [5.41, 5.74) is 7.81. The Morgan fingerprint density at radius 2 is 2.05 bits per heavy atom. The first-order valence-electron chi connectivity index (χ1n) is 7.34. The van der Waals surface area contributed by atoms with E-state index in [2.05, 4.69) is 31.4 Å². The van der Waals surface area contributed by atoms with E-state index in [1.807, 2.05) is 12.1 Å². The van der Waals surface area contributed by atoms with Gasteiger partial charge < -0.3 is 15.0 Å². The summed E-state index contributed by atoms with van der Waals surface area (Å²) in [4.78, 5) is 4.84. The molecule has 0 bridgehead atoms. The lowest BCUT2D eigenvalue weighted by Gasteiger charge is -2.17. The maximum Gasteiger partial charge on any atom is 0.121 e. The molecule has 4 heteroatoms. The average molecular weight is 275 g/mol. The number of rotatable bonds is 6. The Bertz CT molecular complexity index is 574. The first-order valence-corrected chi connectivity index (χ1v) is 7.34. The molecule has 0 fully saturated rings. The lowest BCUT2D eigenvalue weighted by atomic mass is 10.0. The zero-order valence-corrected chi connectivity index (χ0v) is 12.9. The fourth-order valence-electron chi connectivity index (χ4n) is 2.67. The zero-order valence-electron chi connectivity index (χ0n) is 12.9. The van der Waals surface area contributed by atoms with Crippen molar-refractivity contribution in [3.8, 4) is 5.75 Å². The molecule has 0 aliphatic rings. The summed E-state index contributed by atoms with van der Waals surface area (Å²) >= 11 is 0. The van der Waals surface area contributed by atoms with Crippen LogP contribution < -0.4 is 10.5 Å². The van der Waals surface area contributed by atoms with Gasteiger partial charge in [0, 0.05) is 18.0 Å². The lowest BCUT2D eigenvalue weighted by Crippen LogP contribution is -2.10.